The van der Waals surface area contributed by atoms with E-state index >= 15 is 0 Å². The predicted octanol–water partition coefficient (Wildman–Crippen LogP) is 3.80. The standard InChI is InChI=1S/C15H28BrN3/c1-5-9-12(11-17-7-3)10-14-15(16)13(6-2)18-19(14)8-4/h12,17H,5-11H2,1-4H3. The quantitative estimate of drug-likeness (QED) is 0.746. The molecule has 1 rings (SSSR count). The molecule has 0 bridgehead atoms. The molecule has 1 unspecified atom stereocenters. The Balaban J connectivity index is 2.84. The Labute approximate surface area is 126 Å². The van der Waals surface area contributed by atoms with Crippen LogP contribution in [0.25, 0.3) is 0 Å². The number of nitrogens with zero attached hydrogens (tertiary/aromatic N) is 2. The molecule has 0 radical (unpaired) electrons. The number of aryl methyl sites for hydroxylation is 2. The van der Waals surface area contributed by atoms with Crippen molar-refractivity contribution < 1.29 is 0 Å². The number of aromatic nitrogens is 2. The van der Waals surface area contributed by atoms with Crippen LogP contribution in [0.3, 0.4) is 0 Å². The summed E-state index contributed by atoms with van der Waals surface area (Å²) in [6, 6.07) is 0. The minimum Gasteiger partial charge on any atom is -0.317 e. The summed E-state index contributed by atoms with van der Waals surface area (Å²) < 4.78 is 3.40. The second-order valence-corrected chi connectivity index (χ2v) is 5.84. The molecule has 0 aliphatic rings. The summed E-state index contributed by atoms with van der Waals surface area (Å²) in [5, 5.41) is 8.18. The molecule has 0 aromatic carbocycles. The zero-order chi connectivity index (χ0) is 14.3. The van der Waals surface area contributed by atoms with E-state index in [1.54, 1.807) is 0 Å². The molecule has 1 aromatic rings. The lowest BCUT2D eigenvalue weighted by molar-refractivity contribution is 0.428. The minimum absolute atomic E-state index is 0.702. The molecule has 4 heteroatoms. The van der Waals surface area contributed by atoms with Crippen LogP contribution < -0.4 is 5.32 Å². The molecular formula is C15H28BrN3. The third-order valence-electron chi connectivity index (χ3n) is 3.56. The molecule has 19 heavy (non-hydrogen) atoms. The van der Waals surface area contributed by atoms with Gasteiger partial charge in [-0.25, -0.2) is 0 Å². The highest BCUT2D eigenvalue weighted by Crippen LogP contribution is 2.26. The van der Waals surface area contributed by atoms with Gasteiger partial charge in [0.05, 0.1) is 15.9 Å². The first-order valence-corrected chi connectivity index (χ1v) is 8.41. The second-order valence-electron chi connectivity index (χ2n) is 5.04. The summed E-state index contributed by atoms with van der Waals surface area (Å²) in [6.07, 6.45) is 4.62. The fourth-order valence-corrected chi connectivity index (χ4v) is 3.24. The van der Waals surface area contributed by atoms with Crippen LogP contribution in [0, 0.1) is 5.92 Å². The third-order valence-corrected chi connectivity index (χ3v) is 4.47. The summed E-state index contributed by atoms with van der Waals surface area (Å²) in [5.41, 5.74) is 2.56. The first-order chi connectivity index (χ1) is 9.17. The highest BCUT2D eigenvalue weighted by Gasteiger charge is 2.18. The van der Waals surface area contributed by atoms with Crippen molar-refractivity contribution in [2.75, 3.05) is 13.1 Å². The number of nitrogens with one attached hydrogen (secondary N) is 1. The van der Waals surface area contributed by atoms with Gasteiger partial charge >= 0.3 is 0 Å². The summed E-state index contributed by atoms with van der Waals surface area (Å²) in [4.78, 5) is 0. The summed E-state index contributed by atoms with van der Waals surface area (Å²) in [5.74, 6) is 0.702. The Bertz CT molecular complexity index is 374. The lowest BCUT2D eigenvalue weighted by Gasteiger charge is -2.17. The molecule has 0 fully saturated rings. The Hall–Kier alpha value is -0.350. The van der Waals surface area contributed by atoms with Gasteiger partial charge in [-0.1, -0.05) is 27.2 Å². The Kier molecular flexibility index (Phi) is 7.69. The predicted molar refractivity (Wildman–Crippen MR) is 85.6 cm³/mol. The van der Waals surface area contributed by atoms with Gasteiger partial charge in [-0.3, -0.25) is 4.68 Å². The maximum absolute atomic E-state index is 4.69. The van der Waals surface area contributed by atoms with E-state index in [1.165, 1.54) is 28.7 Å². The van der Waals surface area contributed by atoms with Gasteiger partial charge in [0.1, 0.15) is 0 Å². The molecule has 0 spiro atoms. The topological polar surface area (TPSA) is 29.9 Å². The van der Waals surface area contributed by atoms with Gasteiger partial charge in [0, 0.05) is 6.54 Å². The van der Waals surface area contributed by atoms with Crippen molar-refractivity contribution in [3.8, 4) is 0 Å². The first kappa shape index (κ1) is 16.7. The highest BCUT2D eigenvalue weighted by molar-refractivity contribution is 9.10. The van der Waals surface area contributed by atoms with E-state index in [0.717, 1.165) is 32.5 Å². The average molecular weight is 330 g/mol. The van der Waals surface area contributed by atoms with E-state index < -0.39 is 0 Å². The van der Waals surface area contributed by atoms with E-state index in [9.17, 15) is 0 Å². The Morgan fingerprint density at radius 1 is 1.26 bits per heavy atom. The van der Waals surface area contributed by atoms with Crippen molar-refractivity contribution in [2.24, 2.45) is 5.92 Å². The first-order valence-electron chi connectivity index (χ1n) is 7.62. The van der Waals surface area contributed by atoms with Gasteiger partial charge in [-0.05, 0) is 61.1 Å². The molecular weight excluding hydrogens is 302 g/mol. The summed E-state index contributed by atoms with van der Waals surface area (Å²) >= 11 is 3.75. The van der Waals surface area contributed by atoms with Crippen LogP contribution in [0.2, 0.25) is 0 Å². The number of hydrogen-bond acceptors (Lipinski definition) is 2. The van der Waals surface area contributed by atoms with Crippen LogP contribution in [0.4, 0.5) is 0 Å². The zero-order valence-electron chi connectivity index (χ0n) is 12.8. The Morgan fingerprint density at radius 3 is 2.53 bits per heavy atom. The van der Waals surface area contributed by atoms with Crippen LogP contribution in [-0.4, -0.2) is 22.9 Å². The number of hydrogen-bond donors (Lipinski definition) is 1. The van der Waals surface area contributed by atoms with Gasteiger partial charge in [-0.15, -0.1) is 0 Å². The van der Waals surface area contributed by atoms with Crippen LogP contribution in [-0.2, 0) is 19.4 Å². The number of halogens is 1. The van der Waals surface area contributed by atoms with E-state index in [0.29, 0.717) is 5.92 Å². The van der Waals surface area contributed by atoms with E-state index in [-0.39, 0.29) is 0 Å². The summed E-state index contributed by atoms with van der Waals surface area (Å²) in [6.45, 7) is 11.9. The van der Waals surface area contributed by atoms with Gasteiger partial charge < -0.3 is 5.32 Å². The zero-order valence-corrected chi connectivity index (χ0v) is 14.4. The molecule has 0 aliphatic heterocycles. The third kappa shape index (κ3) is 4.60. The van der Waals surface area contributed by atoms with E-state index in [4.69, 9.17) is 0 Å². The molecule has 1 aromatic heterocycles. The maximum Gasteiger partial charge on any atom is 0.0766 e. The van der Waals surface area contributed by atoms with Crippen LogP contribution >= 0.6 is 15.9 Å². The SMILES string of the molecule is CCCC(CNCC)Cc1c(Br)c(CC)nn1CC. The van der Waals surface area contributed by atoms with Gasteiger partial charge in [0.15, 0.2) is 0 Å². The van der Waals surface area contributed by atoms with Crippen molar-refractivity contribution in [3.05, 3.63) is 15.9 Å². The fourth-order valence-electron chi connectivity index (χ4n) is 2.52. The molecule has 110 valence electrons. The summed E-state index contributed by atoms with van der Waals surface area (Å²) in [7, 11) is 0. The van der Waals surface area contributed by atoms with Crippen molar-refractivity contribution in [1.29, 1.82) is 0 Å². The van der Waals surface area contributed by atoms with E-state index in [2.05, 4.69) is 58.7 Å². The van der Waals surface area contributed by atoms with Crippen molar-refractivity contribution >= 4 is 15.9 Å². The number of rotatable bonds is 9. The van der Waals surface area contributed by atoms with Crippen LogP contribution in [0.5, 0.6) is 0 Å². The molecule has 1 N–H and O–H groups in total. The molecule has 0 saturated heterocycles. The van der Waals surface area contributed by atoms with Crippen molar-refractivity contribution in [3.63, 3.8) is 0 Å². The molecule has 1 heterocycles. The normalized spacial score (nSPS) is 12.9. The van der Waals surface area contributed by atoms with Gasteiger partial charge in [0.25, 0.3) is 0 Å². The largest absolute Gasteiger partial charge is 0.317 e. The van der Waals surface area contributed by atoms with Crippen LogP contribution in [0.1, 0.15) is 51.9 Å². The fraction of sp³-hybridized carbons (Fsp3) is 0.800. The van der Waals surface area contributed by atoms with Gasteiger partial charge in [0.2, 0.25) is 0 Å². The van der Waals surface area contributed by atoms with Crippen molar-refractivity contribution in [1.82, 2.24) is 15.1 Å². The monoisotopic (exact) mass is 329 g/mol. The lowest BCUT2D eigenvalue weighted by Crippen LogP contribution is -2.25. The maximum atomic E-state index is 4.69. The average Bonchev–Trinajstić information content (AvgIpc) is 2.72. The highest BCUT2D eigenvalue weighted by atomic mass is 79.9. The van der Waals surface area contributed by atoms with E-state index in [1.807, 2.05) is 0 Å². The molecule has 3 nitrogen and oxygen atoms in total. The molecule has 0 amide bonds. The minimum atomic E-state index is 0.702. The van der Waals surface area contributed by atoms with Crippen LogP contribution in [0.15, 0.2) is 4.47 Å². The molecule has 0 saturated carbocycles. The smallest absolute Gasteiger partial charge is 0.0766 e. The Morgan fingerprint density at radius 2 is 2.00 bits per heavy atom. The van der Waals surface area contributed by atoms with Gasteiger partial charge in [-0.2, -0.15) is 5.10 Å². The molecule has 1 atom stereocenters. The molecule has 0 aliphatic carbocycles. The lowest BCUT2D eigenvalue weighted by atomic mass is 9.97. The second kappa shape index (κ2) is 8.75. The van der Waals surface area contributed by atoms with Crippen molar-refractivity contribution in [2.45, 2.75) is 59.9 Å².